The van der Waals surface area contributed by atoms with E-state index in [1.807, 2.05) is 18.2 Å². The molecule has 0 unspecified atom stereocenters. The molecule has 4 heteroatoms. The van der Waals surface area contributed by atoms with Crippen LogP contribution in [0.1, 0.15) is 10.4 Å². The molecule has 1 aromatic heterocycles. The van der Waals surface area contributed by atoms with E-state index in [1.54, 1.807) is 23.1 Å². The van der Waals surface area contributed by atoms with Crippen molar-refractivity contribution in [1.29, 1.82) is 0 Å². The van der Waals surface area contributed by atoms with Crippen molar-refractivity contribution in [3.05, 3.63) is 48.5 Å². The first-order chi connectivity index (χ1) is 6.86. The van der Waals surface area contributed by atoms with Crippen molar-refractivity contribution < 1.29 is 9.48 Å². The molecule has 0 fully saturated rings. The van der Waals surface area contributed by atoms with E-state index in [0.29, 0.717) is 6.54 Å². The molecule has 2 aromatic rings. The fourth-order valence-electron chi connectivity index (χ4n) is 1.21. The van der Waals surface area contributed by atoms with Crippen LogP contribution in [0, 0.1) is 0 Å². The monoisotopic (exact) mass is 188 g/mol. The average molecular weight is 188 g/mol. The summed E-state index contributed by atoms with van der Waals surface area (Å²) >= 11 is 0. The van der Waals surface area contributed by atoms with Gasteiger partial charge >= 0.3 is 6.33 Å². The Morgan fingerprint density at radius 2 is 2.14 bits per heavy atom. The summed E-state index contributed by atoms with van der Waals surface area (Å²) in [6.45, 7) is 0.296. The number of carbonyl (C=O) groups excluding carboxylic acids is 1. The Labute approximate surface area is 81.2 Å². The van der Waals surface area contributed by atoms with Crippen LogP contribution >= 0.6 is 0 Å². The van der Waals surface area contributed by atoms with E-state index in [2.05, 4.69) is 10.1 Å². The maximum atomic E-state index is 11.6. The normalized spacial score (nSPS) is 10.0. The Kier molecular flexibility index (Phi) is 2.36. The molecule has 14 heavy (non-hydrogen) atoms. The second kappa shape index (κ2) is 3.83. The van der Waals surface area contributed by atoms with E-state index in [0.717, 1.165) is 5.56 Å². The molecule has 1 aromatic carbocycles. The molecule has 4 nitrogen and oxygen atoms in total. The fourth-order valence-corrected chi connectivity index (χ4v) is 1.21. The minimum Gasteiger partial charge on any atom is -0.290 e. The van der Waals surface area contributed by atoms with Gasteiger partial charge in [-0.3, -0.25) is 4.79 Å². The van der Waals surface area contributed by atoms with Crippen LogP contribution in [0.4, 0.5) is 0 Å². The number of hydrogen-bond acceptors (Lipinski definition) is 2. The summed E-state index contributed by atoms with van der Waals surface area (Å²) in [5, 5.41) is 2.82. The third kappa shape index (κ3) is 1.85. The minimum absolute atomic E-state index is 0.0693. The molecule has 0 saturated heterocycles. The van der Waals surface area contributed by atoms with Crippen LogP contribution in [0.2, 0.25) is 0 Å². The smallest absolute Gasteiger partial charge is 0.290 e. The van der Waals surface area contributed by atoms with Gasteiger partial charge in [0.25, 0.3) is 0 Å². The number of hydrogen-bond donors (Lipinski definition) is 1. The predicted molar refractivity (Wildman–Crippen MR) is 49.6 cm³/mol. The van der Waals surface area contributed by atoms with E-state index >= 15 is 0 Å². The van der Waals surface area contributed by atoms with Crippen molar-refractivity contribution in [3.63, 3.8) is 0 Å². The first kappa shape index (κ1) is 8.62. The molecule has 0 saturated carbocycles. The highest BCUT2D eigenvalue weighted by Crippen LogP contribution is 1.99. The van der Waals surface area contributed by atoms with Crippen LogP contribution in [0.5, 0.6) is 0 Å². The summed E-state index contributed by atoms with van der Waals surface area (Å²) in [5.41, 5.74) is 0.717. The molecule has 0 spiro atoms. The lowest BCUT2D eigenvalue weighted by atomic mass is 10.1. The fraction of sp³-hybridized carbons (Fsp3) is 0.100. The van der Waals surface area contributed by atoms with Crippen molar-refractivity contribution in [1.82, 2.24) is 10.1 Å². The van der Waals surface area contributed by atoms with Gasteiger partial charge in [-0.05, 0) is 4.98 Å². The molecule has 2 rings (SSSR count). The van der Waals surface area contributed by atoms with Crippen molar-refractivity contribution in [3.8, 4) is 0 Å². The van der Waals surface area contributed by atoms with Gasteiger partial charge in [0.15, 0.2) is 6.54 Å². The summed E-state index contributed by atoms with van der Waals surface area (Å²) in [5.74, 6) is 0.0693. The molecule has 0 atom stereocenters. The number of aromatic amines is 1. The van der Waals surface area contributed by atoms with Gasteiger partial charge in [-0.1, -0.05) is 30.3 Å². The van der Waals surface area contributed by atoms with Crippen LogP contribution in [-0.2, 0) is 6.54 Å². The lowest BCUT2D eigenvalue weighted by Crippen LogP contribution is -2.38. The Balaban J connectivity index is 2.11. The minimum atomic E-state index is 0.0693. The zero-order chi connectivity index (χ0) is 9.80. The molecule has 0 aliphatic carbocycles. The van der Waals surface area contributed by atoms with Crippen molar-refractivity contribution in [2.75, 3.05) is 0 Å². The van der Waals surface area contributed by atoms with Crippen LogP contribution < -0.4 is 4.68 Å². The Bertz CT molecular complexity index is 408. The van der Waals surface area contributed by atoms with Gasteiger partial charge in [-0.25, -0.2) is 0 Å². The Morgan fingerprint density at radius 3 is 2.79 bits per heavy atom. The zero-order valence-corrected chi connectivity index (χ0v) is 7.55. The van der Waals surface area contributed by atoms with E-state index in [4.69, 9.17) is 0 Å². The van der Waals surface area contributed by atoms with Gasteiger partial charge in [0.05, 0.1) is 0 Å². The lowest BCUT2D eigenvalue weighted by molar-refractivity contribution is -0.738. The number of benzene rings is 1. The number of H-pyrrole nitrogens is 1. The SMILES string of the molecule is O=C(C[n+]1cnc[nH]1)c1ccccc1. The molecule has 70 valence electrons. The van der Waals surface area contributed by atoms with Gasteiger partial charge in [-0.15, -0.1) is 0 Å². The average Bonchev–Trinajstić information content (AvgIpc) is 2.72. The van der Waals surface area contributed by atoms with Crippen molar-refractivity contribution >= 4 is 5.78 Å². The zero-order valence-electron chi connectivity index (χ0n) is 7.55. The second-order valence-electron chi connectivity index (χ2n) is 2.94. The summed E-state index contributed by atoms with van der Waals surface area (Å²) < 4.78 is 1.63. The molecule has 0 bridgehead atoms. The third-order valence-electron chi connectivity index (χ3n) is 1.91. The largest absolute Gasteiger partial charge is 0.307 e. The van der Waals surface area contributed by atoms with E-state index < -0.39 is 0 Å². The van der Waals surface area contributed by atoms with E-state index in [9.17, 15) is 4.79 Å². The Morgan fingerprint density at radius 1 is 1.36 bits per heavy atom. The standard InChI is InChI=1S/C10H9N3O/c14-10(6-13-8-11-7-12-13)9-4-2-1-3-5-9/h1-5,7-8H,6H2/p+1. The lowest BCUT2D eigenvalue weighted by Gasteiger charge is -1.96. The van der Waals surface area contributed by atoms with Crippen LogP contribution in [0.15, 0.2) is 43.0 Å². The highest BCUT2D eigenvalue weighted by atomic mass is 16.1. The molecule has 0 amide bonds. The van der Waals surface area contributed by atoms with Gasteiger partial charge in [0, 0.05) is 5.56 Å². The highest BCUT2D eigenvalue weighted by Gasteiger charge is 2.09. The number of aromatic nitrogens is 3. The summed E-state index contributed by atoms with van der Waals surface area (Å²) in [7, 11) is 0. The molecule has 1 N–H and O–H groups in total. The van der Waals surface area contributed by atoms with Gasteiger partial charge < -0.3 is 0 Å². The van der Waals surface area contributed by atoms with Gasteiger partial charge in [0.1, 0.15) is 0 Å². The highest BCUT2D eigenvalue weighted by molar-refractivity contribution is 5.94. The second-order valence-corrected chi connectivity index (χ2v) is 2.94. The number of Topliss-reactive ketones (excluding diaryl/α,β-unsaturated/α-hetero) is 1. The first-order valence-corrected chi connectivity index (χ1v) is 4.32. The number of ketones is 1. The topological polar surface area (TPSA) is 49.6 Å². The number of rotatable bonds is 3. The first-order valence-electron chi connectivity index (χ1n) is 4.32. The summed E-state index contributed by atoms with van der Waals surface area (Å²) in [6, 6.07) is 9.20. The molecule has 0 aliphatic rings. The van der Waals surface area contributed by atoms with E-state index in [-0.39, 0.29) is 5.78 Å². The molecule has 0 aliphatic heterocycles. The number of carbonyl (C=O) groups is 1. The van der Waals surface area contributed by atoms with E-state index in [1.165, 1.54) is 6.33 Å². The third-order valence-corrected chi connectivity index (χ3v) is 1.91. The number of nitrogens with one attached hydrogen (secondary N) is 1. The summed E-state index contributed by atoms with van der Waals surface area (Å²) in [6.07, 6.45) is 3.12. The van der Waals surface area contributed by atoms with Crippen LogP contribution in [-0.4, -0.2) is 15.9 Å². The Hall–Kier alpha value is -1.97. The number of nitrogens with zero attached hydrogens (tertiary/aromatic N) is 2. The maximum Gasteiger partial charge on any atom is 0.307 e. The molecular formula is C10H10N3O+. The quantitative estimate of drug-likeness (QED) is 0.565. The van der Waals surface area contributed by atoms with Gasteiger partial charge in [-0.2, -0.15) is 9.78 Å². The molecule has 0 radical (unpaired) electrons. The van der Waals surface area contributed by atoms with Gasteiger partial charge in [0.2, 0.25) is 12.1 Å². The van der Waals surface area contributed by atoms with Crippen molar-refractivity contribution in [2.24, 2.45) is 0 Å². The van der Waals surface area contributed by atoms with Crippen molar-refractivity contribution in [2.45, 2.75) is 6.54 Å². The van der Waals surface area contributed by atoms with Crippen LogP contribution in [0.25, 0.3) is 0 Å². The molecule has 1 heterocycles. The summed E-state index contributed by atoms with van der Waals surface area (Å²) in [4.78, 5) is 15.5. The van der Waals surface area contributed by atoms with Crippen LogP contribution in [0.3, 0.4) is 0 Å². The maximum absolute atomic E-state index is 11.6. The predicted octanol–water partition coefficient (Wildman–Crippen LogP) is 0.580. The molecular weight excluding hydrogens is 178 g/mol.